The first kappa shape index (κ1) is 13.6. The molecule has 0 spiro atoms. The number of nitrogen functional groups attached to an aromatic ring is 1. The van der Waals surface area contributed by atoms with E-state index in [0.29, 0.717) is 11.3 Å². The molecule has 1 atom stereocenters. The molecule has 0 bridgehead atoms. The van der Waals surface area contributed by atoms with Crippen LogP contribution >= 0.6 is 15.9 Å². The summed E-state index contributed by atoms with van der Waals surface area (Å²) in [6.07, 6.45) is 0. The number of rotatable bonds is 3. The second-order valence-electron chi connectivity index (χ2n) is 4.37. The lowest BCUT2D eigenvalue weighted by atomic mass is 10.1. The summed E-state index contributed by atoms with van der Waals surface area (Å²) in [7, 11) is 0. The zero-order chi connectivity index (χ0) is 13.8. The molecule has 3 nitrogen and oxygen atoms in total. The van der Waals surface area contributed by atoms with E-state index in [0.717, 1.165) is 10.0 Å². The van der Waals surface area contributed by atoms with Gasteiger partial charge in [0.2, 0.25) is 0 Å². The van der Waals surface area contributed by atoms with Crippen molar-refractivity contribution in [3.8, 4) is 0 Å². The molecular weight excluding hydrogens is 304 g/mol. The van der Waals surface area contributed by atoms with Gasteiger partial charge in [0, 0.05) is 15.7 Å². The summed E-state index contributed by atoms with van der Waals surface area (Å²) in [5.74, 6) is -0.104. The van der Waals surface area contributed by atoms with Crippen molar-refractivity contribution in [2.75, 3.05) is 5.73 Å². The number of nitrogens with one attached hydrogen (secondary N) is 1. The monoisotopic (exact) mass is 318 g/mol. The van der Waals surface area contributed by atoms with Crippen molar-refractivity contribution in [2.24, 2.45) is 0 Å². The van der Waals surface area contributed by atoms with Crippen molar-refractivity contribution in [3.05, 3.63) is 64.1 Å². The standard InChI is InChI=1S/C15H15BrN2O/c1-10(12-3-2-4-13(16)9-12)18-15(19)11-5-7-14(17)8-6-11/h2-10H,17H2,1H3,(H,18,19). The fraction of sp³-hybridized carbons (Fsp3) is 0.133. The van der Waals surface area contributed by atoms with E-state index in [1.54, 1.807) is 24.3 Å². The fourth-order valence-electron chi connectivity index (χ4n) is 1.77. The van der Waals surface area contributed by atoms with Crippen molar-refractivity contribution in [2.45, 2.75) is 13.0 Å². The van der Waals surface area contributed by atoms with Gasteiger partial charge in [-0.2, -0.15) is 0 Å². The average Bonchev–Trinajstić information content (AvgIpc) is 2.39. The second kappa shape index (κ2) is 5.89. The topological polar surface area (TPSA) is 55.1 Å². The molecule has 0 heterocycles. The van der Waals surface area contributed by atoms with E-state index in [4.69, 9.17) is 5.73 Å². The molecule has 1 amide bonds. The van der Waals surface area contributed by atoms with E-state index in [-0.39, 0.29) is 11.9 Å². The van der Waals surface area contributed by atoms with Gasteiger partial charge >= 0.3 is 0 Å². The van der Waals surface area contributed by atoms with Crippen LogP contribution in [0.25, 0.3) is 0 Å². The highest BCUT2D eigenvalue weighted by Crippen LogP contribution is 2.18. The Kier molecular flexibility index (Phi) is 4.22. The normalized spacial score (nSPS) is 11.9. The largest absolute Gasteiger partial charge is 0.399 e. The van der Waals surface area contributed by atoms with Crippen molar-refractivity contribution >= 4 is 27.5 Å². The molecule has 0 aliphatic rings. The van der Waals surface area contributed by atoms with Gasteiger partial charge in [-0.1, -0.05) is 28.1 Å². The number of nitrogens with two attached hydrogens (primary N) is 1. The van der Waals surface area contributed by atoms with E-state index >= 15 is 0 Å². The van der Waals surface area contributed by atoms with Crippen LogP contribution in [0.4, 0.5) is 5.69 Å². The second-order valence-corrected chi connectivity index (χ2v) is 5.29. The first-order valence-corrected chi connectivity index (χ1v) is 6.77. The number of benzene rings is 2. The predicted octanol–water partition coefficient (Wildman–Crippen LogP) is 3.52. The SMILES string of the molecule is CC(NC(=O)c1ccc(N)cc1)c1cccc(Br)c1. The Bertz CT molecular complexity index is 581. The van der Waals surface area contributed by atoms with Crippen LogP contribution in [0.1, 0.15) is 28.9 Å². The molecule has 2 aromatic rings. The summed E-state index contributed by atoms with van der Waals surface area (Å²) in [6.45, 7) is 1.96. The molecule has 0 fully saturated rings. The molecule has 0 saturated carbocycles. The molecular formula is C15H15BrN2O. The van der Waals surface area contributed by atoms with Crippen LogP contribution in [0, 0.1) is 0 Å². The summed E-state index contributed by atoms with van der Waals surface area (Å²) in [5, 5.41) is 2.96. The highest BCUT2D eigenvalue weighted by molar-refractivity contribution is 9.10. The minimum absolute atomic E-state index is 0.0532. The maximum Gasteiger partial charge on any atom is 0.251 e. The number of carbonyl (C=O) groups excluding carboxylic acids is 1. The number of carbonyl (C=O) groups is 1. The van der Waals surface area contributed by atoms with E-state index in [1.807, 2.05) is 31.2 Å². The average molecular weight is 319 g/mol. The van der Waals surface area contributed by atoms with Gasteiger partial charge in [-0.05, 0) is 48.9 Å². The first-order valence-electron chi connectivity index (χ1n) is 5.98. The maximum atomic E-state index is 12.1. The van der Waals surface area contributed by atoms with Crippen LogP contribution in [0.15, 0.2) is 53.0 Å². The number of anilines is 1. The quantitative estimate of drug-likeness (QED) is 0.851. The zero-order valence-corrected chi connectivity index (χ0v) is 12.1. The van der Waals surface area contributed by atoms with Gasteiger partial charge in [0.1, 0.15) is 0 Å². The molecule has 0 aromatic heterocycles. The summed E-state index contributed by atoms with van der Waals surface area (Å²) in [5.41, 5.74) is 7.91. The lowest BCUT2D eigenvalue weighted by Crippen LogP contribution is -2.26. The van der Waals surface area contributed by atoms with Gasteiger partial charge in [-0.15, -0.1) is 0 Å². The lowest BCUT2D eigenvalue weighted by Gasteiger charge is -2.14. The summed E-state index contributed by atoms with van der Waals surface area (Å²) >= 11 is 3.42. The Morgan fingerprint density at radius 3 is 2.53 bits per heavy atom. The van der Waals surface area contributed by atoms with Crippen LogP contribution in [0.3, 0.4) is 0 Å². The fourth-order valence-corrected chi connectivity index (χ4v) is 2.19. The third-order valence-corrected chi connectivity index (χ3v) is 3.36. The lowest BCUT2D eigenvalue weighted by molar-refractivity contribution is 0.0940. The molecule has 0 aliphatic heterocycles. The number of hydrogen-bond acceptors (Lipinski definition) is 2. The Morgan fingerprint density at radius 2 is 1.89 bits per heavy atom. The number of halogens is 1. The predicted molar refractivity (Wildman–Crippen MR) is 80.9 cm³/mol. The van der Waals surface area contributed by atoms with Crippen LogP contribution in [0.2, 0.25) is 0 Å². The molecule has 2 aromatic carbocycles. The van der Waals surface area contributed by atoms with Crippen LogP contribution in [-0.2, 0) is 0 Å². The molecule has 2 rings (SSSR count). The summed E-state index contributed by atoms with van der Waals surface area (Å²) in [6, 6.07) is 14.7. The third kappa shape index (κ3) is 3.58. The van der Waals surface area contributed by atoms with Gasteiger partial charge in [0.15, 0.2) is 0 Å². The van der Waals surface area contributed by atoms with E-state index < -0.39 is 0 Å². The van der Waals surface area contributed by atoms with Gasteiger partial charge in [-0.25, -0.2) is 0 Å². The van der Waals surface area contributed by atoms with Crippen molar-refractivity contribution < 1.29 is 4.79 Å². The third-order valence-electron chi connectivity index (χ3n) is 2.87. The summed E-state index contributed by atoms with van der Waals surface area (Å²) in [4.78, 5) is 12.1. The Hall–Kier alpha value is -1.81. The van der Waals surface area contributed by atoms with Crippen molar-refractivity contribution in [1.82, 2.24) is 5.32 Å². The van der Waals surface area contributed by atoms with E-state index in [9.17, 15) is 4.79 Å². The van der Waals surface area contributed by atoms with Gasteiger partial charge in [0.25, 0.3) is 5.91 Å². The van der Waals surface area contributed by atoms with Crippen LogP contribution in [-0.4, -0.2) is 5.91 Å². The molecule has 4 heteroatoms. The Labute approximate surface area is 121 Å². The molecule has 1 unspecified atom stereocenters. The van der Waals surface area contributed by atoms with Gasteiger partial charge in [-0.3, -0.25) is 4.79 Å². The van der Waals surface area contributed by atoms with Gasteiger partial charge in [0.05, 0.1) is 6.04 Å². The number of amides is 1. The smallest absolute Gasteiger partial charge is 0.251 e. The molecule has 0 aliphatic carbocycles. The maximum absolute atomic E-state index is 12.1. The molecule has 19 heavy (non-hydrogen) atoms. The Morgan fingerprint density at radius 1 is 1.21 bits per heavy atom. The van der Waals surface area contributed by atoms with Gasteiger partial charge < -0.3 is 11.1 Å². The van der Waals surface area contributed by atoms with E-state index in [2.05, 4.69) is 21.2 Å². The molecule has 0 radical (unpaired) electrons. The molecule has 0 saturated heterocycles. The highest BCUT2D eigenvalue weighted by atomic mass is 79.9. The minimum atomic E-state index is -0.104. The van der Waals surface area contributed by atoms with Crippen LogP contribution < -0.4 is 11.1 Å². The van der Waals surface area contributed by atoms with Crippen LogP contribution in [0.5, 0.6) is 0 Å². The summed E-state index contributed by atoms with van der Waals surface area (Å²) < 4.78 is 0.999. The zero-order valence-electron chi connectivity index (χ0n) is 10.6. The minimum Gasteiger partial charge on any atom is -0.399 e. The Balaban J connectivity index is 2.08. The molecule has 98 valence electrons. The van der Waals surface area contributed by atoms with Crippen molar-refractivity contribution in [1.29, 1.82) is 0 Å². The van der Waals surface area contributed by atoms with E-state index in [1.165, 1.54) is 0 Å². The molecule has 3 N–H and O–H groups in total. The first-order chi connectivity index (χ1) is 9.06. The number of hydrogen-bond donors (Lipinski definition) is 2. The van der Waals surface area contributed by atoms with Crippen molar-refractivity contribution in [3.63, 3.8) is 0 Å². The highest BCUT2D eigenvalue weighted by Gasteiger charge is 2.11.